The van der Waals surface area contributed by atoms with E-state index in [0.717, 1.165) is 0 Å². The molecule has 0 saturated carbocycles. The Morgan fingerprint density at radius 1 is 1.29 bits per heavy atom. The van der Waals surface area contributed by atoms with Crippen LogP contribution in [0, 0.1) is 5.41 Å². The molecule has 0 aliphatic rings. The van der Waals surface area contributed by atoms with E-state index in [1.165, 1.54) is 0 Å². The largest absolute Gasteiger partial charge is 0.465 e. The van der Waals surface area contributed by atoms with E-state index in [1.807, 2.05) is 13.8 Å². The molecule has 0 radical (unpaired) electrons. The first-order valence-corrected chi connectivity index (χ1v) is 6.09. The van der Waals surface area contributed by atoms with Crippen molar-refractivity contribution in [1.82, 2.24) is 0 Å². The number of ether oxygens (including phenoxy) is 1. The van der Waals surface area contributed by atoms with Crippen LogP contribution in [0.3, 0.4) is 0 Å². The number of carbonyl (C=O) groups excluding carboxylic acids is 1. The third kappa shape index (κ3) is 6.00. The van der Waals surface area contributed by atoms with E-state index in [9.17, 15) is 9.90 Å². The van der Waals surface area contributed by atoms with Gasteiger partial charge in [0.05, 0.1) is 24.7 Å². The van der Waals surface area contributed by atoms with Crippen LogP contribution in [0.1, 0.15) is 39.5 Å². The highest BCUT2D eigenvalue weighted by Gasteiger charge is 2.28. The highest BCUT2D eigenvalue weighted by molar-refractivity contribution is 5.69. The number of aliphatic hydroxyl groups excluding tert-OH is 3. The molecule has 0 heterocycles. The molecule has 0 aromatic heterocycles. The van der Waals surface area contributed by atoms with Gasteiger partial charge in [0.2, 0.25) is 0 Å². The molecule has 102 valence electrons. The average Bonchev–Trinajstić information content (AvgIpc) is 2.38. The topological polar surface area (TPSA) is 87.0 Å². The van der Waals surface area contributed by atoms with E-state index >= 15 is 0 Å². The Morgan fingerprint density at radius 3 is 2.29 bits per heavy atom. The van der Waals surface area contributed by atoms with Crippen molar-refractivity contribution in [2.75, 3.05) is 19.8 Å². The molecule has 5 heteroatoms. The zero-order chi connectivity index (χ0) is 13.3. The molecular formula is C12H24O5. The minimum Gasteiger partial charge on any atom is -0.465 e. The second-order valence-electron chi connectivity index (χ2n) is 4.43. The fourth-order valence-electron chi connectivity index (χ4n) is 1.26. The van der Waals surface area contributed by atoms with Crippen LogP contribution >= 0.6 is 0 Å². The molecule has 0 spiro atoms. The molecular weight excluding hydrogens is 224 g/mol. The normalized spacial score (nSPS) is 13.5. The first-order valence-electron chi connectivity index (χ1n) is 6.09. The van der Waals surface area contributed by atoms with Crippen molar-refractivity contribution in [3.05, 3.63) is 0 Å². The van der Waals surface area contributed by atoms with Gasteiger partial charge in [0.15, 0.2) is 0 Å². The Morgan fingerprint density at radius 2 is 1.88 bits per heavy atom. The summed E-state index contributed by atoms with van der Waals surface area (Å²) in [5, 5.41) is 27.6. The summed E-state index contributed by atoms with van der Waals surface area (Å²) in [6.07, 6.45) is 1.21. The van der Waals surface area contributed by atoms with E-state index in [1.54, 1.807) is 0 Å². The van der Waals surface area contributed by atoms with E-state index in [2.05, 4.69) is 0 Å². The van der Waals surface area contributed by atoms with E-state index in [0.29, 0.717) is 19.3 Å². The van der Waals surface area contributed by atoms with Gasteiger partial charge in [-0.05, 0) is 19.3 Å². The molecule has 0 aliphatic carbocycles. The number of rotatable bonds is 9. The predicted molar refractivity (Wildman–Crippen MR) is 63.4 cm³/mol. The van der Waals surface area contributed by atoms with Gasteiger partial charge in [0.1, 0.15) is 6.61 Å². The van der Waals surface area contributed by atoms with Crippen LogP contribution in [0.15, 0.2) is 0 Å². The van der Waals surface area contributed by atoms with Crippen molar-refractivity contribution in [2.45, 2.75) is 45.6 Å². The molecule has 0 bridgehead atoms. The lowest BCUT2D eigenvalue weighted by Gasteiger charge is -2.27. The molecule has 5 nitrogen and oxygen atoms in total. The summed E-state index contributed by atoms with van der Waals surface area (Å²) in [6, 6.07) is 0. The second kappa shape index (κ2) is 8.44. The molecule has 0 rings (SSSR count). The van der Waals surface area contributed by atoms with Gasteiger partial charge in [0.25, 0.3) is 0 Å². The molecule has 0 aromatic carbocycles. The second-order valence-corrected chi connectivity index (χ2v) is 4.43. The van der Waals surface area contributed by atoms with Crippen molar-refractivity contribution < 1.29 is 24.9 Å². The maximum atomic E-state index is 11.4. The third-order valence-electron chi connectivity index (χ3n) is 3.11. The molecule has 3 N–H and O–H groups in total. The monoisotopic (exact) mass is 248 g/mol. The molecule has 1 atom stereocenters. The van der Waals surface area contributed by atoms with Gasteiger partial charge in [0, 0.05) is 6.42 Å². The average molecular weight is 248 g/mol. The van der Waals surface area contributed by atoms with Crippen molar-refractivity contribution in [3.63, 3.8) is 0 Å². The summed E-state index contributed by atoms with van der Waals surface area (Å²) < 4.78 is 5.01. The van der Waals surface area contributed by atoms with Gasteiger partial charge in [-0.25, -0.2) is 0 Å². The lowest BCUT2D eigenvalue weighted by Crippen LogP contribution is -2.35. The number of aliphatic hydroxyl groups is 3. The minimum absolute atomic E-state index is 0.0115. The fraction of sp³-hybridized carbons (Fsp3) is 0.917. The first-order chi connectivity index (χ1) is 8.03. The maximum absolute atomic E-state index is 11.4. The summed E-state index contributed by atoms with van der Waals surface area (Å²) in [5.74, 6) is -0.405. The lowest BCUT2D eigenvalue weighted by atomic mass is 9.88. The highest BCUT2D eigenvalue weighted by atomic mass is 16.5. The third-order valence-corrected chi connectivity index (χ3v) is 3.11. The molecule has 17 heavy (non-hydrogen) atoms. The lowest BCUT2D eigenvalue weighted by molar-refractivity contribution is -0.150. The van der Waals surface area contributed by atoms with E-state index in [-0.39, 0.29) is 26.2 Å². The van der Waals surface area contributed by atoms with Gasteiger partial charge in [-0.3, -0.25) is 4.79 Å². The highest BCUT2D eigenvalue weighted by Crippen LogP contribution is 2.21. The quantitative estimate of drug-likeness (QED) is 0.516. The number of esters is 1. The summed E-state index contributed by atoms with van der Waals surface area (Å²) in [6.45, 7) is 3.24. The molecule has 0 amide bonds. The van der Waals surface area contributed by atoms with Gasteiger partial charge < -0.3 is 20.1 Å². The van der Waals surface area contributed by atoms with E-state index < -0.39 is 17.5 Å². The van der Waals surface area contributed by atoms with Crippen LogP contribution < -0.4 is 0 Å². The smallest absolute Gasteiger partial charge is 0.305 e. The van der Waals surface area contributed by atoms with Crippen molar-refractivity contribution in [2.24, 2.45) is 5.41 Å². The predicted octanol–water partition coefficient (Wildman–Crippen LogP) is 0.462. The van der Waals surface area contributed by atoms with Crippen LogP contribution in [0.25, 0.3) is 0 Å². The number of hydrogen-bond acceptors (Lipinski definition) is 5. The molecule has 1 unspecified atom stereocenters. The Labute approximate surface area is 102 Å². The zero-order valence-corrected chi connectivity index (χ0v) is 10.7. The van der Waals surface area contributed by atoms with Gasteiger partial charge >= 0.3 is 5.97 Å². The number of hydrogen-bond donors (Lipinski definition) is 3. The Kier molecular flexibility index (Phi) is 8.12. The maximum Gasteiger partial charge on any atom is 0.305 e. The van der Waals surface area contributed by atoms with Crippen LogP contribution in [0.4, 0.5) is 0 Å². The van der Waals surface area contributed by atoms with Crippen LogP contribution in [0.5, 0.6) is 0 Å². The van der Waals surface area contributed by atoms with Crippen LogP contribution in [-0.2, 0) is 9.53 Å². The van der Waals surface area contributed by atoms with Crippen molar-refractivity contribution in [3.8, 4) is 0 Å². The van der Waals surface area contributed by atoms with Crippen LogP contribution in [0.2, 0.25) is 0 Å². The summed E-state index contributed by atoms with van der Waals surface area (Å²) in [7, 11) is 0. The van der Waals surface area contributed by atoms with Gasteiger partial charge in [-0.2, -0.15) is 0 Å². The minimum atomic E-state index is -0.751. The van der Waals surface area contributed by atoms with E-state index in [4.69, 9.17) is 14.9 Å². The molecule has 0 aliphatic heterocycles. The first kappa shape index (κ1) is 16.4. The van der Waals surface area contributed by atoms with Gasteiger partial charge in [-0.1, -0.05) is 13.8 Å². The number of carbonyl (C=O) groups is 1. The fourth-order valence-corrected chi connectivity index (χ4v) is 1.26. The standard InChI is InChI=1S/C12H24O5/c1-3-10(15)5-6-11(16)17-9-12(4-2,7-13)8-14/h10,13-15H,3-9H2,1-2H3. The SMILES string of the molecule is CCC(O)CCC(=O)OCC(CC)(CO)CO. The van der Waals surface area contributed by atoms with Crippen molar-refractivity contribution >= 4 is 5.97 Å². The summed E-state index contributed by atoms with van der Waals surface area (Å²) in [4.78, 5) is 11.4. The zero-order valence-electron chi connectivity index (χ0n) is 10.7. The summed E-state index contributed by atoms with van der Waals surface area (Å²) in [5.41, 5.74) is -0.751. The molecule has 0 saturated heterocycles. The molecule has 0 aromatic rings. The Bertz CT molecular complexity index is 205. The summed E-state index contributed by atoms with van der Waals surface area (Å²) >= 11 is 0. The Balaban J connectivity index is 3.97. The van der Waals surface area contributed by atoms with Crippen molar-refractivity contribution in [1.29, 1.82) is 0 Å². The molecule has 0 fully saturated rings. The van der Waals surface area contributed by atoms with Gasteiger partial charge in [-0.15, -0.1) is 0 Å². The van der Waals surface area contributed by atoms with Crippen LogP contribution in [-0.4, -0.2) is 47.2 Å². The Hall–Kier alpha value is -0.650.